The average Bonchev–Trinajstić information content (AvgIpc) is 4.21. The molecule has 0 atom stereocenters. The van der Waals surface area contributed by atoms with Gasteiger partial charge in [0.15, 0.2) is 34.5 Å². The number of phenolic OH excluding ortho intramolecular Hbond substituents is 2. The van der Waals surface area contributed by atoms with E-state index < -0.39 is 0 Å². The van der Waals surface area contributed by atoms with Crippen molar-refractivity contribution >= 4 is 151 Å². The van der Waals surface area contributed by atoms with Crippen LogP contribution in [0, 0.1) is 0 Å². The number of benzene rings is 7. The molecule has 0 aliphatic rings. The number of nitrogen functional groups attached to an aromatic ring is 1. The van der Waals surface area contributed by atoms with Crippen molar-refractivity contribution in [3.05, 3.63) is 141 Å². The lowest BCUT2D eigenvalue weighted by Crippen LogP contribution is -2.20. The van der Waals surface area contributed by atoms with Crippen LogP contribution in [0.15, 0.2) is 116 Å². The topological polar surface area (TPSA) is 204 Å². The molecule has 0 saturated carbocycles. The second kappa shape index (κ2) is 19.1. The van der Waals surface area contributed by atoms with Crippen molar-refractivity contribution in [1.82, 2.24) is 44.8 Å². The molecule has 0 spiro atoms. The lowest BCUT2D eigenvalue weighted by atomic mass is 10.1. The maximum atomic E-state index is 9.65. The minimum Gasteiger partial charge on any atom is -0.504 e. The summed E-state index contributed by atoms with van der Waals surface area (Å²) in [7, 11) is 0. The van der Waals surface area contributed by atoms with Crippen LogP contribution in [0.3, 0.4) is 0 Å². The summed E-state index contributed by atoms with van der Waals surface area (Å²) >= 11 is 25.3. The van der Waals surface area contributed by atoms with Gasteiger partial charge in [0.25, 0.3) is 0 Å². The third kappa shape index (κ3) is 8.74. The minimum absolute atomic E-state index is 0.0927. The summed E-state index contributed by atoms with van der Waals surface area (Å²) in [6, 6.07) is 32.6. The Morgan fingerprint density at radius 1 is 0.521 bits per heavy atom. The Bertz CT molecular complexity index is 4080. The number of nitrogens with two attached hydrogens (primary N) is 1. The van der Waals surface area contributed by atoms with Crippen LogP contribution in [-0.2, 0) is 13.0 Å². The van der Waals surface area contributed by atoms with Gasteiger partial charge < -0.3 is 55.2 Å². The summed E-state index contributed by atoms with van der Waals surface area (Å²) in [5.41, 5.74) is 15.9. The van der Waals surface area contributed by atoms with Crippen LogP contribution in [0.4, 0.5) is 5.82 Å². The van der Waals surface area contributed by atoms with Gasteiger partial charge in [0, 0.05) is 91.8 Å². The van der Waals surface area contributed by atoms with Crippen molar-refractivity contribution in [2.45, 2.75) is 25.8 Å². The van der Waals surface area contributed by atoms with Crippen LogP contribution in [0.25, 0.3) is 98.4 Å². The van der Waals surface area contributed by atoms with Crippen molar-refractivity contribution in [2.24, 2.45) is 0 Å². The van der Waals surface area contributed by atoms with E-state index in [1.165, 1.54) is 12.4 Å². The lowest BCUT2D eigenvalue weighted by molar-refractivity contribution is 0.308. The number of aromatic amines is 4. The number of aryl methyl sites for hydroxylation is 1. The summed E-state index contributed by atoms with van der Waals surface area (Å²) < 4.78 is 14.8. The molecule has 366 valence electrons. The van der Waals surface area contributed by atoms with E-state index in [2.05, 4.69) is 52.3 Å². The number of aromatic nitrogens is 8. The smallest absolute Gasteiger partial charge is 0.167 e. The number of rotatable bonds is 13. The van der Waals surface area contributed by atoms with Crippen molar-refractivity contribution in [2.75, 3.05) is 32.0 Å². The Hall–Kier alpha value is -7.59. The number of phenols is 2. The molecule has 6 aromatic heterocycles. The molecule has 73 heavy (non-hydrogen) atoms. The molecule has 18 heteroatoms. The Kier molecular flexibility index (Phi) is 12.2. The third-order valence-corrected chi connectivity index (χ3v) is 14.2. The Balaban J connectivity index is 0.000000149. The number of nitrogens with zero attached hydrogens (tertiary/aromatic N) is 4. The fraction of sp³-hybridized carbons (Fsp3) is 0.145. The Morgan fingerprint density at radius 2 is 1.00 bits per heavy atom. The van der Waals surface area contributed by atoms with Crippen molar-refractivity contribution in [1.29, 1.82) is 0 Å². The van der Waals surface area contributed by atoms with Gasteiger partial charge in [-0.1, -0.05) is 52.5 Å². The second-order valence-electron chi connectivity index (χ2n) is 18.0. The molecule has 13 aromatic rings. The number of halogens is 4. The molecule has 9 N–H and O–H groups in total. The van der Waals surface area contributed by atoms with Gasteiger partial charge in [0.05, 0.1) is 41.6 Å². The summed E-state index contributed by atoms with van der Waals surface area (Å²) in [6.45, 7) is 3.24. The van der Waals surface area contributed by atoms with E-state index in [4.69, 9.17) is 61.6 Å². The summed E-state index contributed by atoms with van der Waals surface area (Å²) in [6.07, 6.45) is 5.50. The fourth-order valence-corrected chi connectivity index (χ4v) is 10.5. The molecule has 0 bridgehead atoms. The first-order chi connectivity index (χ1) is 35.5. The third-order valence-electron chi connectivity index (χ3n) is 13.3. The van der Waals surface area contributed by atoms with Gasteiger partial charge in [-0.15, -0.1) is 0 Å². The predicted molar refractivity (Wildman–Crippen MR) is 297 cm³/mol. The molecule has 0 fully saturated rings. The van der Waals surface area contributed by atoms with E-state index in [9.17, 15) is 10.2 Å². The molecule has 0 aliphatic carbocycles. The number of hydrogen-bond acceptors (Lipinski definition) is 9. The zero-order valence-corrected chi connectivity index (χ0v) is 41.7. The summed E-state index contributed by atoms with van der Waals surface area (Å²) in [4.78, 5) is 26.8. The second-order valence-corrected chi connectivity index (χ2v) is 19.7. The molecule has 0 radical (unpaired) electrons. The van der Waals surface area contributed by atoms with Crippen LogP contribution in [0.1, 0.15) is 18.4 Å². The van der Waals surface area contributed by atoms with E-state index in [1.54, 1.807) is 12.4 Å². The Labute approximate surface area is 434 Å². The number of imidazole rings is 1. The van der Waals surface area contributed by atoms with E-state index in [1.807, 2.05) is 83.4 Å². The van der Waals surface area contributed by atoms with Gasteiger partial charge in [-0.2, -0.15) is 0 Å². The zero-order chi connectivity index (χ0) is 49.9. The van der Waals surface area contributed by atoms with Crippen molar-refractivity contribution < 1.29 is 19.7 Å². The van der Waals surface area contributed by atoms with E-state index in [0.717, 1.165) is 137 Å². The predicted octanol–water partition coefficient (Wildman–Crippen LogP) is 13.7. The highest BCUT2D eigenvalue weighted by Crippen LogP contribution is 2.44. The van der Waals surface area contributed by atoms with E-state index in [-0.39, 0.29) is 11.5 Å². The first-order valence-corrected chi connectivity index (χ1v) is 25.1. The molecule has 14 nitrogen and oxygen atoms in total. The van der Waals surface area contributed by atoms with Crippen LogP contribution in [0.2, 0.25) is 20.1 Å². The number of fused-ring (bicyclic) bond motifs is 13. The summed E-state index contributed by atoms with van der Waals surface area (Å²) in [5, 5.41) is 33.6. The first kappa shape index (κ1) is 46.5. The van der Waals surface area contributed by atoms with Gasteiger partial charge in [-0.3, -0.25) is 0 Å². The standard InChI is InChI=1S/C29H25Cl2N3O3.C26H19Cl2N7O/c30-17-3-5-23-19(13-17)21-15-22-20-14-18(31)4-6-24(20)34-28(22)29(27(21)33-23)37-11-1-9-32-10-8-16-2-7-25(35)26(36)12-16;27-13-2-4-19-15(8-13)17-10-18-16-9-14(28)3-5-20(16)34-22(18)24(21(17)33-19)36-7-1-6-35-12-32-23-25(29)30-11-31-26(23)35/h2-7,12-15,32-36H,1,8-11H2;2-5,8-12,33-34H,1,6-7H2,(H2,29,30,31). The highest BCUT2D eigenvalue weighted by atomic mass is 35.5. The molecule has 0 unspecified atom stereocenters. The molecular weight excluding hydrogens is 1010 g/mol. The highest BCUT2D eigenvalue weighted by Gasteiger charge is 2.20. The molecule has 6 heterocycles. The number of nitrogens with one attached hydrogen (secondary N) is 5. The normalized spacial score (nSPS) is 11.9. The van der Waals surface area contributed by atoms with Gasteiger partial charge in [0.1, 0.15) is 11.8 Å². The largest absolute Gasteiger partial charge is 0.504 e. The molecule has 7 aromatic carbocycles. The molecule has 0 amide bonds. The maximum Gasteiger partial charge on any atom is 0.167 e. The molecule has 13 rings (SSSR count). The summed E-state index contributed by atoms with van der Waals surface area (Å²) in [5.74, 6) is 1.73. The Morgan fingerprint density at radius 3 is 1.48 bits per heavy atom. The average molecular weight is 1050 g/mol. The number of hydrogen-bond donors (Lipinski definition) is 8. The van der Waals surface area contributed by atoms with Gasteiger partial charge in [-0.25, -0.2) is 15.0 Å². The van der Waals surface area contributed by atoms with Crippen LogP contribution >= 0.6 is 46.4 Å². The highest BCUT2D eigenvalue weighted by molar-refractivity contribution is 6.34. The maximum absolute atomic E-state index is 9.65. The van der Waals surface area contributed by atoms with Crippen molar-refractivity contribution in [3.63, 3.8) is 0 Å². The van der Waals surface area contributed by atoms with Crippen LogP contribution < -0.4 is 20.5 Å². The zero-order valence-electron chi connectivity index (χ0n) is 38.7. The van der Waals surface area contributed by atoms with Crippen molar-refractivity contribution in [3.8, 4) is 23.0 Å². The molecule has 0 aliphatic heterocycles. The van der Waals surface area contributed by atoms with Gasteiger partial charge in [0.2, 0.25) is 0 Å². The minimum atomic E-state index is -0.103. The lowest BCUT2D eigenvalue weighted by Gasteiger charge is -2.10. The number of ether oxygens (including phenoxy) is 2. The monoisotopic (exact) mass is 1050 g/mol. The molecular formula is C55H44Cl4N10O4. The SMILES string of the molecule is Nc1ncnc2c1ncn2CCCOc1c2[nH]c3ccc(Cl)cc3c2cc2c1[nH]c1ccc(Cl)cc12.Oc1ccc(CCNCCCOc2c3[nH]c4ccc(Cl)cc4c3cc3c2[nH]c2ccc(Cl)cc23)cc1O. The van der Waals surface area contributed by atoms with Gasteiger partial charge >= 0.3 is 0 Å². The van der Waals surface area contributed by atoms with Gasteiger partial charge in [-0.05, 0) is 135 Å². The number of H-pyrrole nitrogens is 4. The first-order valence-electron chi connectivity index (χ1n) is 23.6. The van der Waals surface area contributed by atoms with Crippen LogP contribution in [0.5, 0.6) is 23.0 Å². The molecule has 0 saturated heterocycles. The number of anilines is 1. The fourth-order valence-electron chi connectivity index (χ4n) is 9.81. The van der Waals surface area contributed by atoms with E-state index in [0.29, 0.717) is 56.8 Å². The quantitative estimate of drug-likeness (QED) is 0.0408. The number of aromatic hydroxyl groups is 2. The van der Waals surface area contributed by atoms with Crippen LogP contribution in [-0.4, -0.2) is 76.0 Å². The van der Waals surface area contributed by atoms with E-state index >= 15 is 0 Å².